The lowest BCUT2D eigenvalue weighted by atomic mass is 9.98. The van der Waals surface area contributed by atoms with Crippen molar-refractivity contribution in [3.05, 3.63) is 279 Å². The van der Waals surface area contributed by atoms with E-state index in [0.717, 1.165) is 28.3 Å². The van der Waals surface area contributed by atoms with Crippen LogP contribution in [-0.4, -0.2) is 12.6 Å². The molecule has 13 rings (SSSR count). The van der Waals surface area contributed by atoms with E-state index in [4.69, 9.17) is 0 Å². The molecule has 0 atom stereocenters. The Morgan fingerprint density at radius 1 is 0.329 bits per heavy atom. The van der Waals surface area contributed by atoms with Crippen LogP contribution >= 0.6 is 11.3 Å². The normalized spacial score (nSPS) is 11.7. The fraction of sp³-hybridized carbons (Fsp3) is 0. The molecule has 0 aliphatic carbocycles. The SMILES string of the molecule is c1ccc(-n2c3ccccc3c3c(-c4cccc(N(c5ccc(-c6cccc7c6sc6ccccc67)cc5)c5ccc([Si](c6ccccc6)(c6ccccc6)c6ccccc6)cc5)c4)cccc32)cc1. The zero-order chi connectivity index (χ0) is 46.4. The van der Waals surface area contributed by atoms with Crippen LogP contribution in [-0.2, 0) is 0 Å². The van der Waals surface area contributed by atoms with Crippen LogP contribution in [0, 0.1) is 0 Å². The quantitative estimate of drug-likeness (QED) is 0.0980. The van der Waals surface area contributed by atoms with Crippen LogP contribution in [0.4, 0.5) is 17.1 Å². The monoisotopic (exact) mass is 926 g/mol. The first-order valence-corrected chi connectivity index (χ1v) is 26.8. The second-order valence-electron chi connectivity index (χ2n) is 18.0. The molecule has 2 heterocycles. The second-order valence-corrected chi connectivity index (χ2v) is 22.9. The fourth-order valence-corrected chi connectivity index (χ4v) is 17.0. The van der Waals surface area contributed by atoms with Crippen LogP contribution in [0.1, 0.15) is 0 Å². The van der Waals surface area contributed by atoms with Crippen LogP contribution in [0.5, 0.6) is 0 Å². The Hall–Kier alpha value is -8.54. The van der Waals surface area contributed by atoms with Crippen molar-refractivity contribution >= 4 is 99.2 Å². The first-order chi connectivity index (χ1) is 34.7. The van der Waals surface area contributed by atoms with Gasteiger partial charge >= 0.3 is 0 Å². The van der Waals surface area contributed by atoms with E-state index in [1.807, 2.05) is 11.3 Å². The van der Waals surface area contributed by atoms with E-state index in [1.54, 1.807) is 0 Å². The number of aromatic nitrogens is 1. The zero-order valence-electron chi connectivity index (χ0n) is 38.4. The smallest absolute Gasteiger partial charge is 0.179 e. The molecule has 0 fully saturated rings. The number of hydrogen-bond acceptors (Lipinski definition) is 2. The molecule has 0 unspecified atom stereocenters. The van der Waals surface area contributed by atoms with Gasteiger partial charge in [-0.2, -0.15) is 0 Å². The lowest BCUT2D eigenvalue weighted by Gasteiger charge is -2.35. The van der Waals surface area contributed by atoms with Crippen molar-refractivity contribution < 1.29 is 0 Å². The number of rotatable bonds is 10. The summed E-state index contributed by atoms with van der Waals surface area (Å²) < 4.78 is 5.04. The molecule has 0 N–H and O–H groups in total. The van der Waals surface area contributed by atoms with Crippen molar-refractivity contribution in [2.24, 2.45) is 0 Å². The molecule has 0 bridgehead atoms. The molecular formula is C66H46N2SSi. The van der Waals surface area contributed by atoms with Crippen molar-refractivity contribution in [2.45, 2.75) is 0 Å². The highest BCUT2D eigenvalue weighted by Gasteiger charge is 2.41. The van der Waals surface area contributed by atoms with Crippen LogP contribution in [0.25, 0.3) is 69.9 Å². The largest absolute Gasteiger partial charge is 0.310 e. The number of fused-ring (bicyclic) bond motifs is 6. The number of para-hydroxylation sites is 2. The lowest BCUT2D eigenvalue weighted by Crippen LogP contribution is -2.74. The van der Waals surface area contributed by atoms with Gasteiger partial charge in [-0.05, 0) is 110 Å². The maximum atomic E-state index is 2.43. The van der Waals surface area contributed by atoms with Gasteiger partial charge in [-0.25, -0.2) is 0 Å². The Morgan fingerprint density at radius 3 is 1.50 bits per heavy atom. The number of thiophene rings is 1. The van der Waals surface area contributed by atoms with Gasteiger partial charge in [-0.1, -0.05) is 212 Å². The van der Waals surface area contributed by atoms with Crippen LogP contribution < -0.4 is 25.6 Å². The molecule has 0 spiro atoms. The Morgan fingerprint density at radius 2 is 0.829 bits per heavy atom. The van der Waals surface area contributed by atoms with E-state index in [0.29, 0.717) is 0 Å². The third-order valence-electron chi connectivity index (χ3n) is 14.1. The van der Waals surface area contributed by atoms with Crippen LogP contribution in [0.15, 0.2) is 279 Å². The van der Waals surface area contributed by atoms with Crippen molar-refractivity contribution in [2.75, 3.05) is 4.90 Å². The molecular weight excluding hydrogens is 881 g/mol. The summed E-state index contributed by atoms with van der Waals surface area (Å²) in [5.41, 5.74) is 11.6. The predicted molar refractivity (Wildman–Crippen MR) is 303 cm³/mol. The number of hydrogen-bond donors (Lipinski definition) is 0. The maximum Gasteiger partial charge on any atom is 0.179 e. The molecule has 4 heteroatoms. The Balaban J connectivity index is 0.986. The fourth-order valence-electron chi connectivity index (χ4n) is 11.1. The van der Waals surface area contributed by atoms with Gasteiger partial charge in [-0.15, -0.1) is 11.3 Å². The molecule has 330 valence electrons. The second kappa shape index (κ2) is 17.5. The standard InChI is InChI=1S/C66H46N2SSi/c1-5-21-49(22-6-1)68-62-35-15-13-31-61(62)65-57(32-19-36-63(65)68)48-20-17-23-52(46-48)67(50-40-38-47(39-41-50)58-33-18-34-60-59-30-14-16-37-64(59)69-66(58)60)51-42-44-56(45-43-51)70(53-24-7-2-8-25-53,54-26-9-3-10-27-54)55-28-11-4-12-29-55/h1-46H. The molecule has 2 nitrogen and oxygen atoms in total. The summed E-state index contributed by atoms with van der Waals surface area (Å²) in [6.45, 7) is 0. The summed E-state index contributed by atoms with van der Waals surface area (Å²) in [4.78, 5) is 2.43. The Labute approximate surface area is 413 Å². The first-order valence-electron chi connectivity index (χ1n) is 24.0. The van der Waals surface area contributed by atoms with E-state index in [-0.39, 0.29) is 0 Å². The molecule has 0 aliphatic rings. The van der Waals surface area contributed by atoms with E-state index < -0.39 is 8.07 Å². The Kier molecular flexibility index (Phi) is 10.4. The topological polar surface area (TPSA) is 8.17 Å². The first kappa shape index (κ1) is 41.6. The summed E-state index contributed by atoms with van der Waals surface area (Å²) in [5, 5.41) is 10.5. The summed E-state index contributed by atoms with van der Waals surface area (Å²) in [6.07, 6.45) is 0. The summed E-state index contributed by atoms with van der Waals surface area (Å²) in [7, 11) is -2.74. The number of benzene rings is 11. The van der Waals surface area contributed by atoms with E-state index >= 15 is 0 Å². The molecule has 13 aromatic rings. The van der Waals surface area contributed by atoms with Crippen LogP contribution in [0.2, 0.25) is 0 Å². The predicted octanol–water partition coefficient (Wildman–Crippen LogP) is 15.3. The highest BCUT2D eigenvalue weighted by molar-refractivity contribution is 7.26. The molecule has 11 aromatic carbocycles. The third-order valence-corrected chi connectivity index (χ3v) is 20.2. The average Bonchev–Trinajstić information content (AvgIpc) is 3.99. The van der Waals surface area contributed by atoms with Gasteiger partial charge in [0.05, 0.1) is 11.0 Å². The summed E-state index contributed by atoms with van der Waals surface area (Å²) in [6, 6.07) is 103. The maximum absolute atomic E-state index is 2.74. The number of nitrogens with zero attached hydrogens (tertiary/aromatic N) is 2. The third kappa shape index (κ3) is 6.91. The van der Waals surface area contributed by atoms with Gasteiger partial charge in [-0.3, -0.25) is 0 Å². The van der Waals surface area contributed by atoms with Gasteiger partial charge in [0.2, 0.25) is 0 Å². The average molecular weight is 927 g/mol. The van der Waals surface area contributed by atoms with Crippen LogP contribution in [0.3, 0.4) is 0 Å². The van der Waals surface area contributed by atoms with E-state index in [2.05, 4.69) is 289 Å². The Bertz CT molecular complexity index is 3880. The van der Waals surface area contributed by atoms with Crippen molar-refractivity contribution in [1.82, 2.24) is 4.57 Å². The zero-order valence-corrected chi connectivity index (χ0v) is 40.2. The van der Waals surface area contributed by atoms with Gasteiger partial charge in [0.1, 0.15) is 0 Å². The highest BCUT2D eigenvalue weighted by atomic mass is 32.1. The van der Waals surface area contributed by atoms with E-state index in [9.17, 15) is 0 Å². The van der Waals surface area contributed by atoms with Gasteiger partial charge in [0.25, 0.3) is 0 Å². The van der Waals surface area contributed by atoms with Gasteiger partial charge in [0.15, 0.2) is 8.07 Å². The molecule has 0 saturated heterocycles. The molecule has 2 aromatic heterocycles. The number of anilines is 3. The van der Waals surface area contributed by atoms with E-state index in [1.165, 1.54) is 79.4 Å². The molecule has 0 radical (unpaired) electrons. The van der Waals surface area contributed by atoms with Crippen molar-refractivity contribution in [3.63, 3.8) is 0 Å². The molecule has 0 saturated carbocycles. The molecule has 70 heavy (non-hydrogen) atoms. The summed E-state index contributed by atoms with van der Waals surface area (Å²) in [5.74, 6) is 0. The lowest BCUT2D eigenvalue weighted by molar-refractivity contribution is 1.18. The summed E-state index contributed by atoms with van der Waals surface area (Å²) >= 11 is 1.88. The minimum absolute atomic E-state index is 1.09. The molecule has 0 aliphatic heterocycles. The van der Waals surface area contributed by atoms with Crippen molar-refractivity contribution in [1.29, 1.82) is 0 Å². The minimum atomic E-state index is -2.74. The minimum Gasteiger partial charge on any atom is -0.310 e. The van der Waals surface area contributed by atoms with Crippen molar-refractivity contribution in [3.8, 4) is 27.9 Å². The highest BCUT2D eigenvalue weighted by Crippen LogP contribution is 2.43. The molecule has 0 amide bonds. The van der Waals surface area contributed by atoms with Gasteiger partial charge < -0.3 is 9.47 Å². The van der Waals surface area contributed by atoms with Gasteiger partial charge in [0, 0.05) is 53.7 Å².